The zero-order valence-electron chi connectivity index (χ0n) is 20.3. The van der Waals surface area contributed by atoms with Crippen LogP contribution in [0.4, 0.5) is 5.69 Å². The second-order valence-corrected chi connectivity index (χ2v) is 11.0. The van der Waals surface area contributed by atoms with Crippen LogP contribution in [0.15, 0.2) is 82.8 Å². The van der Waals surface area contributed by atoms with E-state index in [4.69, 9.17) is 23.2 Å². The van der Waals surface area contributed by atoms with Crippen LogP contribution in [0.3, 0.4) is 0 Å². The number of hydrogen-bond acceptors (Lipinski definition) is 4. The van der Waals surface area contributed by atoms with Crippen molar-refractivity contribution in [3.8, 4) is 5.69 Å². The molecule has 7 nitrogen and oxygen atoms in total. The van der Waals surface area contributed by atoms with Gasteiger partial charge in [-0.15, -0.1) is 0 Å². The van der Waals surface area contributed by atoms with E-state index >= 15 is 0 Å². The monoisotopic (exact) mass is 554 g/mol. The molecule has 37 heavy (non-hydrogen) atoms. The smallest absolute Gasteiger partial charge is 0.271 e. The van der Waals surface area contributed by atoms with Gasteiger partial charge in [-0.05, 0) is 75.4 Å². The summed E-state index contributed by atoms with van der Waals surface area (Å²) >= 11 is 12.0. The van der Waals surface area contributed by atoms with Gasteiger partial charge in [0.05, 0.1) is 21.8 Å². The number of benzene rings is 3. The van der Waals surface area contributed by atoms with Crippen LogP contribution in [0.5, 0.6) is 0 Å². The van der Waals surface area contributed by atoms with Gasteiger partial charge in [0.2, 0.25) is 0 Å². The Morgan fingerprint density at radius 3 is 2.41 bits per heavy atom. The SMILES string of the molecule is Cc1ccc(-n2c(C)cc(/C=N\NC(=O)c3cccc(S(=O)(=O)Nc4cc(Cl)ccc4Cl)c3)c2C)cc1. The number of hydrazone groups is 1. The summed E-state index contributed by atoms with van der Waals surface area (Å²) in [6.45, 7) is 6.01. The third kappa shape index (κ3) is 6.05. The fourth-order valence-electron chi connectivity index (χ4n) is 3.82. The summed E-state index contributed by atoms with van der Waals surface area (Å²) in [5.41, 5.74) is 7.78. The van der Waals surface area contributed by atoms with E-state index in [1.165, 1.54) is 42.0 Å². The van der Waals surface area contributed by atoms with Crippen molar-refractivity contribution in [2.45, 2.75) is 25.7 Å². The second kappa shape index (κ2) is 10.8. The Kier molecular flexibility index (Phi) is 7.73. The molecule has 0 spiro atoms. The Morgan fingerprint density at radius 1 is 0.946 bits per heavy atom. The number of carbonyl (C=O) groups excluding carboxylic acids is 1. The van der Waals surface area contributed by atoms with Crippen molar-refractivity contribution < 1.29 is 13.2 Å². The first kappa shape index (κ1) is 26.5. The molecule has 0 aliphatic carbocycles. The summed E-state index contributed by atoms with van der Waals surface area (Å²) in [6.07, 6.45) is 1.56. The van der Waals surface area contributed by atoms with Gasteiger partial charge >= 0.3 is 0 Å². The molecule has 0 bridgehead atoms. The minimum atomic E-state index is -4.02. The molecule has 0 fully saturated rings. The summed E-state index contributed by atoms with van der Waals surface area (Å²) < 4.78 is 30.2. The van der Waals surface area contributed by atoms with Crippen molar-refractivity contribution in [2.75, 3.05) is 4.72 Å². The first-order chi connectivity index (χ1) is 17.5. The molecule has 1 amide bonds. The normalized spacial score (nSPS) is 11.6. The Morgan fingerprint density at radius 2 is 1.68 bits per heavy atom. The van der Waals surface area contributed by atoms with E-state index in [1.807, 2.05) is 39.0 Å². The Labute approximate surface area is 225 Å². The van der Waals surface area contributed by atoms with Gasteiger partial charge in [-0.2, -0.15) is 5.10 Å². The van der Waals surface area contributed by atoms with Crippen molar-refractivity contribution in [3.63, 3.8) is 0 Å². The van der Waals surface area contributed by atoms with Crippen LogP contribution >= 0.6 is 23.2 Å². The summed E-state index contributed by atoms with van der Waals surface area (Å²) in [6, 6.07) is 20.2. The summed E-state index contributed by atoms with van der Waals surface area (Å²) in [4.78, 5) is 12.6. The zero-order chi connectivity index (χ0) is 26.7. The lowest BCUT2D eigenvalue weighted by Gasteiger charge is -2.11. The van der Waals surface area contributed by atoms with Crippen LogP contribution in [0.2, 0.25) is 10.0 Å². The highest BCUT2D eigenvalue weighted by Gasteiger charge is 2.18. The van der Waals surface area contributed by atoms with Crippen LogP contribution in [0.25, 0.3) is 5.69 Å². The van der Waals surface area contributed by atoms with Crippen molar-refractivity contribution >= 4 is 51.0 Å². The number of sulfonamides is 1. The lowest BCUT2D eigenvalue weighted by molar-refractivity contribution is 0.0955. The Bertz CT molecular complexity index is 1610. The third-order valence-corrected chi connectivity index (χ3v) is 7.64. The third-order valence-electron chi connectivity index (χ3n) is 5.71. The Hall–Kier alpha value is -3.59. The highest BCUT2D eigenvalue weighted by atomic mass is 35.5. The van der Waals surface area contributed by atoms with E-state index in [0.29, 0.717) is 5.02 Å². The minimum absolute atomic E-state index is 0.109. The number of nitrogens with one attached hydrogen (secondary N) is 2. The highest BCUT2D eigenvalue weighted by molar-refractivity contribution is 7.92. The molecule has 0 unspecified atom stereocenters. The molecule has 0 atom stereocenters. The molecule has 2 N–H and O–H groups in total. The van der Waals surface area contributed by atoms with Gasteiger partial charge in [0, 0.05) is 33.2 Å². The van der Waals surface area contributed by atoms with Gasteiger partial charge in [-0.1, -0.05) is 47.0 Å². The number of amides is 1. The maximum atomic E-state index is 12.9. The second-order valence-electron chi connectivity index (χ2n) is 8.45. The average molecular weight is 555 g/mol. The first-order valence-corrected chi connectivity index (χ1v) is 13.5. The van der Waals surface area contributed by atoms with Crippen LogP contribution in [-0.4, -0.2) is 25.1 Å². The summed E-state index contributed by atoms with van der Waals surface area (Å²) in [7, 11) is -4.02. The standard InChI is InChI=1S/C27H24Cl2N4O3S/c1-17-7-10-23(11-8-17)33-18(2)13-21(19(33)3)16-30-31-27(34)20-5-4-6-24(14-20)37(35,36)32-26-15-22(28)9-12-25(26)29/h4-16,32H,1-3H3,(H,31,34)/b30-16-. The van der Waals surface area contributed by atoms with Crippen molar-refractivity contribution in [1.82, 2.24) is 9.99 Å². The minimum Gasteiger partial charge on any atom is -0.318 e. The highest BCUT2D eigenvalue weighted by Crippen LogP contribution is 2.28. The lowest BCUT2D eigenvalue weighted by Crippen LogP contribution is -2.19. The van der Waals surface area contributed by atoms with Crippen LogP contribution in [0.1, 0.15) is 32.9 Å². The number of hydrogen-bond donors (Lipinski definition) is 2. The number of aryl methyl sites for hydroxylation is 2. The largest absolute Gasteiger partial charge is 0.318 e. The number of aromatic nitrogens is 1. The molecule has 0 saturated carbocycles. The number of rotatable bonds is 7. The van der Waals surface area contributed by atoms with Gasteiger partial charge < -0.3 is 4.57 Å². The molecule has 0 saturated heterocycles. The van der Waals surface area contributed by atoms with Gasteiger partial charge in [0.25, 0.3) is 15.9 Å². The van der Waals surface area contributed by atoms with Crippen LogP contribution < -0.4 is 10.1 Å². The van der Waals surface area contributed by atoms with Gasteiger partial charge in [-0.25, -0.2) is 13.8 Å². The number of nitrogens with zero attached hydrogens (tertiary/aromatic N) is 2. The molecule has 4 rings (SSSR count). The predicted octanol–water partition coefficient (Wildman–Crippen LogP) is 6.27. The maximum Gasteiger partial charge on any atom is 0.271 e. The Balaban J connectivity index is 1.49. The number of anilines is 1. The fraction of sp³-hybridized carbons (Fsp3) is 0.111. The molecule has 0 radical (unpaired) electrons. The number of halogens is 2. The predicted molar refractivity (Wildman–Crippen MR) is 149 cm³/mol. The molecule has 3 aromatic carbocycles. The van der Waals surface area contributed by atoms with E-state index in [2.05, 4.69) is 31.9 Å². The van der Waals surface area contributed by atoms with Crippen molar-refractivity contribution in [2.24, 2.45) is 5.10 Å². The lowest BCUT2D eigenvalue weighted by atomic mass is 10.2. The van der Waals surface area contributed by atoms with Crippen molar-refractivity contribution in [1.29, 1.82) is 0 Å². The molecule has 4 aromatic rings. The molecule has 190 valence electrons. The molecular formula is C27H24Cl2N4O3S. The van der Waals surface area contributed by atoms with Gasteiger partial charge in [0.15, 0.2) is 0 Å². The quantitative estimate of drug-likeness (QED) is 0.208. The van der Waals surface area contributed by atoms with Crippen molar-refractivity contribution in [3.05, 3.63) is 111 Å². The summed E-state index contributed by atoms with van der Waals surface area (Å²) in [5.74, 6) is -0.554. The van der Waals surface area contributed by atoms with E-state index in [-0.39, 0.29) is 21.2 Å². The number of carbonyl (C=O) groups is 1. The van der Waals surface area contributed by atoms with Crippen LogP contribution in [-0.2, 0) is 10.0 Å². The molecule has 0 aliphatic heterocycles. The van der Waals surface area contributed by atoms with E-state index in [9.17, 15) is 13.2 Å². The van der Waals surface area contributed by atoms with E-state index < -0.39 is 15.9 Å². The zero-order valence-corrected chi connectivity index (χ0v) is 22.6. The summed E-state index contributed by atoms with van der Waals surface area (Å²) in [5, 5.41) is 4.61. The fourth-order valence-corrected chi connectivity index (χ4v) is 5.33. The maximum absolute atomic E-state index is 12.9. The van der Waals surface area contributed by atoms with E-state index in [1.54, 1.807) is 12.3 Å². The first-order valence-electron chi connectivity index (χ1n) is 11.2. The molecule has 10 heteroatoms. The molecule has 1 aromatic heterocycles. The molecule has 0 aliphatic rings. The molecule has 1 heterocycles. The topological polar surface area (TPSA) is 92.6 Å². The molecular weight excluding hydrogens is 531 g/mol. The van der Waals surface area contributed by atoms with Gasteiger partial charge in [-0.3, -0.25) is 9.52 Å². The average Bonchev–Trinajstić information content (AvgIpc) is 3.14. The van der Waals surface area contributed by atoms with Gasteiger partial charge in [0.1, 0.15) is 0 Å². The van der Waals surface area contributed by atoms with E-state index in [0.717, 1.165) is 22.6 Å². The van der Waals surface area contributed by atoms with Crippen LogP contribution in [0, 0.1) is 20.8 Å².